The third-order valence-electron chi connectivity index (χ3n) is 7.50. The van der Waals surface area contributed by atoms with Gasteiger partial charge < -0.3 is 24.4 Å². The normalized spacial score (nSPS) is 35.5. The number of hydrogen-bond acceptors (Lipinski definition) is 6. The van der Waals surface area contributed by atoms with Gasteiger partial charge in [-0.3, -0.25) is 4.90 Å². The van der Waals surface area contributed by atoms with E-state index in [-0.39, 0.29) is 38.9 Å². The maximum atomic E-state index is 12.2. The molecule has 6 heteroatoms. The van der Waals surface area contributed by atoms with E-state index in [1.807, 2.05) is 12.1 Å². The van der Waals surface area contributed by atoms with Gasteiger partial charge >= 0.3 is 0 Å². The van der Waals surface area contributed by atoms with Gasteiger partial charge in [0.1, 0.15) is 6.10 Å². The van der Waals surface area contributed by atoms with E-state index in [0.29, 0.717) is 25.4 Å². The van der Waals surface area contributed by atoms with Crippen LogP contribution in [0.25, 0.3) is 0 Å². The molecule has 2 aliphatic heterocycles. The number of phenolic OH excluding ortho intramolecular Hbond substituents is 1. The average Bonchev–Trinajstić information content (AvgIpc) is 3.03. The summed E-state index contributed by atoms with van der Waals surface area (Å²) in [6, 6.07) is 3.75. The molecule has 1 aromatic rings. The summed E-state index contributed by atoms with van der Waals surface area (Å²) >= 11 is 0. The van der Waals surface area contributed by atoms with Crippen LogP contribution in [-0.2, 0) is 21.3 Å². The molecule has 0 radical (unpaired) electrons. The number of piperidine rings is 1. The maximum absolute atomic E-state index is 12.2. The highest BCUT2D eigenvalue weighted by atomic mass is 16.6. The number of methoxy groups -OCH3 is 1. The molecule has 6 nitrogen and oxygen atoms in total. The Balaban J connectivity index is 0.00000128. The summed E-state index contributed by atoms with van der Waals surface area (Å²) in [6.45, 7) is 6.57. The minimum atomic E-state index is -0.897. The summed E-state index contributed by atoms with van der Waals surface area (Å²) in [7, 11) is 1.66. The lowest BCUT2D eigenvalue weighted by molar-refractivity contribution is -0.214. The average molecular weight is 420 g/mol. The van der Waals surface area contributed by atoms with Gasteiger partial charge in [0, 0.05) is 25.3 Å². The molecular formula is C24H37NO5. The van der Waals surface area contributed by atoms with Crippen LogP contribution in [0.2, 0.25) is 0 Å². The topological polar surface area (TPSA) is 71.4 Å². The van der Waals surface area contributed by atoms with E-state index in [0.717, 1.165) is 37.9 Å². The number of aliphatic hydroxyl groups is 1. The molecule has 2 unspecified atom stereocenters. The molecular weight excluding hydrogens is 382 g/mol. The second-order valence-electron chi connectivity index (χ2n) is 8.58. The van der Waals surface area contributed by atoms with Gasteiger partial charge in [-0.25, -0.2) is 0 Å². The fourth-order valence-electron chi connectivity index (χ4n) is 6.42. The Morgan fingerprint density at radius 3 is 2.83 bits per heavy atom. The Labute approximate surface area is 180 Å². The lowest BCUT2D eigenvalue weighted by Gasteiger charge is -2.64. The van der Waals surface area contributed by atoms with Gasteiger partial charge in [-0.15, -0.1) is 6.58 Å². The number of likely N-dealkylation sites (tertiary alicyclic amines) is 1. The van der Waals surface area contributed by atoms with Crippen LogP contribution in [-0.4, -0.2) is 72.4 Å². The zero-order valence-electron chi connectivity index (χ0n) is 16.4. The minimum absolute atomic E-state index is 0. The molecule has 168 valence electrons. The van der Waals surface area contributed by atoms with Crippen LogP contribution < -0.4 is 4.74 Å². The van der Waals surface area contributed by atoms with Gasteiger partial charge in [-0.1, -0.05) is 27.0 Å². The van der Waals surface area contributed by atoms with Crippen molar-refractivity contribution in [3.05, 3.63) is 35.9 Å². The first-order chi connectivity index (χ1) is 13.6. The number of ether oxygens (including phenoxy) is 3. The molecule has 1 spiro atoms. The first kappa shape index (κ1) is 23.1. The van der Waals surface area contributed by atoms with Crippen molar-refractivity contribution in [1.82, 2.24) is 4.90 Å². The summed E-state index contributed by atoms with van der Waals surface area (Å²) in [6.07, 6.45) is 4.44. The van der Waals surface area contributed by atoms with Crippen molar-refractivity contribution in [1.29, 1.82) is 0 Å². The molecule has 2 fully saturated rings. The first-order valence-electron chi connectivity index (χ1n) is 10.3. The molecule has 5 rings (SSSR count). The first-order valence-corrected chi connectivity index (χ1v) is 10.3. The number of nitrogens with zero attached hydrogens (tertiary/aromatic N) is 1. The highest BCUT2D eigenvalue weighted by molar-refractivity contribution is 5.62. The molecule has 2 N–H and O–H groups in total. The van der Waals surface area contributed by atoms with Crippen LogP contribution in [0.3, 0.4) is 0 Å². The van der Waals surface area contributed by atoms with Crippen molar-refractivity contribution in [2.24, 2.45) is 0 Å². The predicted octanol–water partition coefficient (Wildman–Crippen LogP) is 3.04. The molecule has 2 aliphatic carbocycles. The summed E-state index contributed by atoms with van der Waals surface area (Å²) in [4.78, 5) is 2.36. The van der Waals surface area contributed by atoms with E-state index in [2.05, 4.69) is 11.5 Å². The van der Waals surface area contributed by atoms with Crippen molar-refractivity contribution >= 4 is 0 Å². The monoisotopic (exact) mass is 419 g/mol. The summed E-state index contributed by atoms with van der Waals surface area (Å²) < 4.78 is 17.7. The minimum Gasteiger partial charge on any atom is -0.504 e. The molecule has 5 atom stereocenters. The lowest BCUT2D eigenvalue weighted by Crippen LogP contribution is -2.77. The van der Waals surface area contributed by atoms with Crippen molar-refractivity contribution in [2.75, 3.05) is 33.4 Å². The van der Waals surface area contributed by atoms with E-state index in [1.54, 1.807) is 13.2 Å². The Bertz CT molecular complexity index is 798. The molecule has 30 heavy (non-hydrogen) atoms. The smallest absolute Gasteiger partial charge is 0.165 e. The van der Waals surface area contributed by atoms with Crippen molar-refractivity contribution in [2.45, 2.75) is 69.8 Å². The molecule has 1 saturated heterocycles. The standard InChI is InChI=1S/C22H29NO5.2CH4/c1-3-9-23-10-8-21-18-14-4-5-15(24)19(18)28-20(21)16(27-12-11-26-2)6-7-22(21,25)17(23)13-14;;/h3-5,16-17,20,24-25H,1,6-13H2,2H3;2*1H4/t16-,17?,20?,21-,22+;;/m0../s1. The summed E-state index contributed by atoms with van der Waals surface area (Å²) in [5, 5.41) is 22.7. The van der Waals surface area contributed by atoms with Gasteiger partial charge in [0.15, 0.2) is 11.5 Å². The summed E-state index contributed by atoms with van der Waals surface area (Å²) in [5.41, 5.74) is 0.768. The van der Waals surface area contributed by atoms with E-state index >= 15 is 0 Å². The van der Waals surface area contributed by atoms with Crippen molar-refractivity contribution in [3.8, 4) is 11.5 Å². The van der Waals surface area contributed by atoms with E-state index in [1.165, 1.54) is 5.56 Å². The second-order valence-corrected chi connectivity index (χ2v) is 8.58. The number of phenols is 1. The number of rotatable bonds is 6. The fraction of sp³-hybridized carbons (Fsp3) is 0.667. The Morgan fingerprint density at radius 1 is 1.30 bits per heavy atom. The fourth-order valence-corrected chi connectivity index (χ4v) is 6.42. The molecule has 0 amide bonds. The SMILES string of the molecule is C.C.C=CCN1CC[C@]23c4c5ccc(O)c4OC2[C@@H](OCCOC)CC[C@@]3(O)C1C5. The second kappa shape index (κ2) is 8.15. The third-order valence-corrected chi connectivity index (χ3v) is 7.50. The van der Waals surface area contributed by atoms with Gasteiger partial charge in [-0.05, 0) is 43.9 Å². The molecule has 1 saturated carbocycles. The van der Waals surface area contributed by atoms with E-state index in [4.69, 9.17) is 14.2 Å². The highest BCUT2D eigenvalue weighted by Gasteiger charge is 2.73. The number of benzene rings is 1. The molecule has 2 bridgehead atoms. The molecule has 2 heterocycles. The quantitative estimate of drug-likeness (QED) is 0.546. The molecule has 0 aromatic heterocycles. The number of aromatic hydroxyl groups is 1. The Hall–Kier alpha value is -1.60. The number of hydrogen-bond donors (Lipinski definition) is 2. The van der Waals surface area contributed by atoms with Crippen LogP contribution in [0, 0.1) is 0 Å². The lowest BCUT2D eigenvalue weighted by atomic mass is 9.48. The van der Waals surface area contributed by atoms with Crippen molar-refractivity contribution < 1.29 is 24.4 Å². The van der Waals surface area contributed by atoms with Crippen LogP contribution >= 0.6 is 0 Å². The van der Waals surface area contributed by atoms with Gasteiger partial charge in [0.25, 0.3) is 0 Å². The van der Waals surface area contributed by atoms with E-state index in [9.17, 15) is 10.2 Å². The third kappa shape index (κ3) is 2.77. The highest BCUT2D eigenvalue weighted by Crippen LogP contribution is 2.65. The largest absolute Gasteiger partial charge is 0.504 e. The Kier molecular flexibility index (Phi) is 6.27. The van der Waals surface area contributed by atoms with Crippen LogP contribution in [0.4, 0.5) is 0 Å². The van der Waals surface area contributed by atoms with E-state index < -0.39 is 11.0 Å². The van der Waals surface area contributed by atoms with Crippen LogP contribution in [0.5, 0.6) is 11.5 Å². The predicted molar refractivity (Wildman–Crippen MR) is 117 cm³/mol. The van der Waals surface area contributed by atoms with Gasteiger partial charge in [0.05, 0.1) is 30.3 Å². The molecule has 1 aromatic carbocycles. The van der Waals surface area contributed by atoms with Crippen molar-refractivity contribution in [3.63, 3.8) is 0 Å². The summed E-state index contributed by atoms with van der Waals surface area (Å²) in [5.74, 6) is 0.714. The van der Waals surface area contributed by atoms with Crippen LogP contribution in [0.15, 0.2) is 24.8 Å². The molecule has 4 aliphatic rings. The Morgan fingerprint density at radius 2 is 2.10 bits per heavy atom. The zero-order chi connectivity index (χ0) is 19.5. The van der Waals surface area contributed by atoms with Crippen LogP contribution in [0.1, 0.15) is 45.2 Å². The zero-order valence-corrected chi connectivity index (χ0v) is 16.4. The van der Waals surface area contributed by atoms with Gasteiger partial charge in [-0.2, -0.15) is 0 Å². The maximum Gasteiger partial charge on any atom is 0.165 e. The van der Waals surface area contributed by atoms with Gasteiger partial charge in [0.2, 0.25) is 0 Å².